The summed E-state index contributed by atoms with van der Waals surface area (Å²) in [6, 6.07) is 102. The van der Waals surface area contributed by atoms with Crippen LogP contribution in [0.15, 0.2) is 273 Å². The van der Waals surface area contributed by atoms with Crippen LogP contribution in [-0.2, 0) is 10.8 Å². The minimum Gasteiger partial charge on any atom is -0.310 e. The van der Waals surface area contributed by atoms with Crippen molar-refractivity contribution in [3.05, 3.63) is 317 Å². The second kappa shape index (κ2) is 15.4. The Bertz CT molecular complexity index is 3670. The van der Waals surface area contributed by atoms with Gasteiger partial charge in [0.2, 0.25) is 0 Å². The molecule has 0 aliphatic heterocycles. The average molecular weight is 876 g/mol. The van der Waals surface area contributed by atoms with E-state index in [1.165, 1.54) is 100 Å². The van der Waals surface area contributed by atoms with E-state index in [2.05, 4.69) is 278 Å². The molecule has 1 nitrogen and oxygen atoms in total. The Balaban J connectivity index is 1.00. The molecule has 0 heterocycles. The van der Waals surface area contributed by atoms with Crippen molar-refractivity contribution in [2.24, 2.45) is 0 Å². The molecule has 0 radical (unpaired) electrons. The van der Waals surface area contributed by atoms with Gasteiger partial charge in [0.1, 0.15) is 0 Å². The molecule has 0 aromatic heterocycles. The van der Waals surface area contributed by atoms with Gasteiger partial charge >= 0.3 is 0 Å². The fraction of sp³-hybridized carbons (Fsp3) is 0.0294. The summed E-state index contributed by atoms with van der Waals surface area (Å²) in [5.74, 6) is 0. The first-order chi connectivity index (χ1) is 34.2. The van der Waals surface area contributed by atoms with Gasteiger partial charge in [0.15, 0.2) is 0 Å². The highest BCUT2D eigenvalue weighted by Crippen LogP contribution is 2.64. The zero-order valence-electron chi connectivity index (χ0n) is 37.9. The second-order valence-corrected chi connectivity index (χ2v) is 18.7. The van der Waals surface area contributed by atoms with Gasteiger partial charge in [-0.2, -0.15) is 0 Å². The van der Waals surface area contributed by atoms with E-state index in [4.69, 9.17) is 0 Å². The Hall–Kier alpha value is -8.78. The minimum atomic E-state index is -0.529. The Labute approximate surface area is 403 Å². The largest absolute Gasteiger partial charge is 0.310 e. The van der Waals surface area contributed by atoms with E-state index in [0.29, 0.717) is 0 Å². The van der Waals surface area contributed by atoms with Crippen LogP contribution in [0, 0.1) is 0 Å². The molecule has 1 spiro atoms. The van der Waals surface area contributed by atoms with Crippen LogP contribution >= 0.6 is 0 Å². The van der Waals surface area contributed by atoms with E-state index in [-0.39, 0.29) is 0 Å². The topological polar surface area (TPSA) is 3.24 Å². The number of hydrogen-bond donors (Lipinski definition) is 0. The first-order valence-corrected chi connectivity index (χ1v) is 24.1. The summed E-state index contributed by atoms with van der Waals surface area (Å²) >= 11 is 0. The van der Waals surface area contributed by atoms with E-state index in [1.54, 1.807) is 0 Å². The maximum absolute atomic E-state index is 2.52. The van der Waals surface area contributed by atoms with E-state index in [0.717, 1.165) is 17.1 Å². The van der Waals surface area contributed by atoms with Crippen molar-refractivity contribution in [2.45, 2.75) is 10.8 Å². The highest BCUT2D eigenvalue weighted by atomic mass is 15.1. The predicted molar refractivity (Wildman–Crippen MR) is 286 cm³/mol. The molecule has 0 unspecified atom stereocenters. The lowest BCUT2D eigenvalue weighted by Gasteiger charge is -2.34. The van der Waals surface area contributed by atoms with Gasteiger partial charge in [-0.25, -0.2) is 0 Å². The summed E-state index contributed by atoms with van der Waals surface area (Å²) < 4.78 is 0. The zero-order chi connectivity index (χ0) is 45.5. The van der Waals surface area contributed by atoms with Gasteiger partial charge < -0.3 is 4.90 Å². The van der Waals surface area contributed by atoms with Crippen molar-refractivity contribution < 1.29 is 0 Å². The zero-order valence-corrected chi connectivity index (χ0v) is 37.9. The summed E-state index contributed by atoms with van der Waals surface area (Å²) in [5, 5.41) is 0. The molecule has 3 aliphatic rings. The molecule has 0 bridgehead atoms. The number of benzene rings is 11. The molecule has 11 aromatic rings. The molecular formula is C68H45N. The first-order valence-electron chi connectivity index (χ1n) is 24.1. The smallest absolute Gasteiger partial charge is 0.0725 e. The molecule has 3 aliphatic carbocycles. The molecule has 0 amide bonds. The van der Waals surface area contributed by atoms with Gasteiger partial charge in [-0.05, 0) is 125 Å². The van der Waals surface area contributed by atoms with Gasteiger partial charge in [0.25, 0.3) is 0 Å². The van der Waals surface area contributed by atoms with E-state index in [9.17, 15) is 0 Å². The van der Waals surface area contributed by atoms with Crippen LogP contribution in [0.25, 0.3) is 55.6 Å². The molecule has 1 heteroatoms. The van der Waals surface area contributed by atoms with Crippen LogP contribution in [0.4, 0.5) is 17.1 Å². The van der Waals surface area contributed by atoms with Gasteiger partial charge in [-0.3, -0.25) is 0 Å². The maximum atomic E-state index is 2.52. The number of fused-ring (bicyclic) bond motifs is 13. The van der Waals surface area contributed by atoms with Crippen molar-refractivity contribution in [3.63, 3.8) is 0 Å². The number of anilines is 3. The minimum absolute atomic E-state index is 0.419. The number of rotatable bonds is 7. The molecule has 0 fully saturated rings. The van der Waals surface area contributed by atoms with Crippen molar-refractivity contribution in [1.29, 1.82) is 0 Å². The molecule has 69 heavy (non-hydrogen) atoms. The molecule has 14 rings (SSSR count). The third-order valence-corrected chi connectivity index (χ3v) is 15.4. The highest BCUT2D eigenvalue weighted by Gasteiger charge is 2.52. The van der Waals surface area contributed by atoms with Crippen molar-refractivity contribution in [2.75, 3.05) is 4.90 Å². The average Bonchev–Trinajstić information content (AvgIpc) is 4.02. The first kappa shape index (κ1) is 39.4. The van der Waals surface area contributed by atoms with E-state index < -0.39 is 10.8 Å². The summed E-state index contributed by atoms with van der Waals surface area (Å²) in [7, 11) is 0. The third-order valence-electron chi connectivity index (χ3n) is 15.4. The summed E-state index contributed by atoms with van der Waals surface area (Å²) in [4.78, 5) is 2.52. The van der Waals surface area contributed by atoms with Crippen LogP contribution in [-0.4, -0.2) is 0 Å². The third kappa shape index (κ3) is 5.59. The Morgan fingerprint density at radius 3 is 1.14 bits per heavy atom. The summed E-state index contributed by atoms with van der Waals surface area (Å²) in [5.41, 5.74) is 25.4. The van der Waals surface area contributed by atoms with Crippen molar-refractivity contribution in [3.8, 4) is 55.6 Å². The molecule has 0 atom stereocenters. The van der Waals surface area contributed by atoms with Gasteiger partial charge in [0.05, 0.1) is 16.5 Å². The van der Waals surface area contributed by atoms with Crippen molar-refractivity contribution in [1.82, 2.24) is 0 Å². The Kier molecular flexibility index (Phi) is 8.78. The normalized spacial score (nSPS) is 13.7. The second-order valence-electron chi connectivity index (χ2n) is 18.7. The van der Waals surface area contributed by atoms with Crippen LogP contribution in [0.1, 0.15) is 44.5 Å². The molecule has 0 N–H and O–H groups in total. The standard InChI is InChI=1S/C68H45N/c1-4-19-46(20-5-1)47-35-37-48(38-36-47)49-39-41-52(42-40-49)69(65-34-18-33-64-66(65)57-28-13-17-32-62(57)67(64,50-21-6-2-7-22-50)51-23-8-3-9-24-51)53-43-44-63-58(45-53)56-27-12-16-31-61(56)68(63)59-29-14-10-25-54(59)55-26-11-15-30-60(55)68/h1-45H. The molecule has 322 valence electrons. The quantitative estimate of drug-likeness (QED) is 0.154. The van der Waals surface area contributed by atoms with Crippen LogP contribution in [0.2, 0.25) is 0 Å². The summed E-state index contributed by atoms with van der Waals surface area (Å²) in [6.45, 7) is 0. The van der Waals surface area contributed by atoms with Gasteiger partial charge in [-0.1, -0.05) is 243 Å². The Morgan fingerprint density at radius 1 is 0.232 bits per heavy atom. The maximum Gasteiger partial charge on any atom is 0.0725 e. The SMILES string of the molecule is c1ccc(-c2ccc(-c3ccc(N(c4ccc5c(c4)-c4ccccc4C54c5ccccc5-c5ccccc54)c4cccc5c4-c4ccccc4C5(c4ccccc4)c4ccccc4)cc3)cc2)cc1. The van der Waals surface area contributed by atoms with E-state index >= 15 is 0 Å². The number of nitrogens with zero attached hydrogens (tertiary/aromatic N) is 1. The predicted octanol–water partition coefficient (Wildman–Crippen LogP) is 17.2. The molecule has 0 saturated heterocycles. The molecule has 11 aromatic carbocycles. The van der Waals surface area contributed by atoms with Gasteiger partial charge in [0, 0.05) is 16.9 Å². The lowest BCUT2D eigenvalue weighted by Crippen LogP contribution is -2.28. The molecule has 0 saturated carbocycles. The Morgan fingerprint density at radius 2 is 0.609 bits per heavy atom. The van der Waals surface area contributed by atoms with Crippen molar-refractivity contribution >= 4 is 17.1 Å². The van der Waals surface area contributed by atoms with Gasteiger partial charge in [-0.15, -0.1) is 0 Å². The number of hydrogen-bond acceptors (Lipinski definition) is 1. The van der Waals surface area contributed by atoms with E-state index in [1.807, 2.05) is 0 Å². The van der Waals surface area contributed by atoms with Crippen LogP contribution in [0.3, 0.4) is 0 Å². The van der Waals surface area contributed by atoms with Crippen LogP contribution < -0.4 is 4.90 Å². The lowest BCUT2D eigenvalue weighted by molar-refractivity contribution is 0.768. The fourth-order valence-electron chi connectivity index (χ4n) is 12.6. The lowest BCUT2D eigenvalue weighted by atomic mass is 9.68. The molecular weight excluding hydrogens is 831 g/mol. The summed E-state index contributed by atoms with van der Waals surface area (Å²) in [6.07, 6.45) is 0. The monoisotopic (exact) mass is 875 g/mol. The van der Waals surface area contributed by atoms with Crippen LogP contribution in [0.5, 0.6) is 0 Å². The highest BCUT2D eigenvalue weighted by molar-refractivity contribution is 6.00. The fourth-order valence-corrected chi connectivity index (χ4v) is 12.6.